The Hall–Kier alpha value is -1.75. The highest BCUT2D eigenvalue weighted by atomic mass is 32.2. The number of phenols is 1. The molecule has 5 heteroatoms. The van der Waals surface area contributed by atoms with Crippen molar-refractivity contribution >= 4 is 28.8 Å². The number of aromatic hydroxyl groups is 1. The number of piperidine rings is 1. The molecule has 0 aliphatic carbocycles. The zero-order chi connectivity index (χ0) is 13.9. The minimum Gasteiger partial charge on any atom is -0.507 e. The van der Waals surface area contributed by atoms with Gasteiger partial charge in [-0.15, -0.1) is 0 Å². The Morgan fingerprint density at radius 2 is 1.95 bits per heavy atom. The average molecular weight is 287 g/mol. The van der Waals surface area contributed by atoms with Crippen LogP contribution in [0.15, 0.2) is 34.2 Å². The molecule has 3 rings (SSSR count). The maximum atomic E-state index is 9.80. The highest BCUT2D eigenvalue weighted by molar-refractivity contribution is 8.18. The molecule has 0 saturated carbocycles. The molecule has 104 valence electrons. The van der Waals surface area contributed by atoms with Crippen molar-refractivity contribution in [1.82, 2.24) is 4.90 Å². The Kier molecular flexibility index (Phi) is 3.78. The van der Waals surface area contributed by atoms with E-state index in [1.807, 2.05) is 18.2 Å². The molecule has 2 aliphatic heterocycles. The monoisotopic (exact) mass is 287 g/mol. The van der Waals surface area contributed by atoms with E-state index in [-0.39, 0.29) is 5.75 Å². The summed E-state index contributed by atoms with van der Waals surface area (Å²) < 4.78 is 0. The van der Waals surface area contributed by atoms with E-state index in [4.69, 9.17) is 5.41 Å². The first-order valence-electron chi connectivity index (χ1n) is 6.84. The first-order chi connectivity index (χ1) is 9.74. The number of rotatable bonds is 1. The molecular formula is C15H17N3OS. The molecule has 4 nitrogen and oxygen atoms in total. The molecule has 0 unspecified atom stereocenters. The van der Waals surface area contributed by atoms with Crippen molar-refractivity contribution in [3.8, 4) is 5.75 Å². The number of aliphatic imine (C=N–C) groups is 1. The van der Waals surface area contributed by atoms with Crippen LogP contribution in [0.25, 0.3) is 6.08 Å². The average Bonchev–Trinajstić information content (AvgIpc) is 2.84. The Labute approximate surface area is 122 Å². The summed E-state index contributed by atoms with van der Waals surface area (Å²) >= 11 is 1.53. The first-order valence-corrected chi connectivity index (χ1v) is 7.66. The predicted octanol–water partition coefficient (Wildman–Crippen LogP) is 3.30. The van der Waals surface area contributed by atoms with E-state index in [9.17, 15) is 5.11 Å². The number of hydrogen-bond donors (Lipinski definition) is 2. The van der Waals surface area contributed by atoms with Crippen LogP contribution in [0, 0.1) is 5.41 Å². The molecule has 0 radical (unpaired) electrons. The van der Waals surface area contributed by atoms with Crippen molar-refractivity contribution in [2.24, 2.45) is 4.99 Å². The number of phenolic OH excluding ortho intramolecular Hbond substituents is 1. The summed E-state index contributed by atoms with van der Waals surface area (Å²) in [6.07, 6.45) is 5.52. The lowest BCUT2D eigenvalue weighted by Gasteiger charge is -2.27. The zero-order valence-corrected chi connectivity index (χ0v) is 12.0. The summed E-state index contributed by atoms with van der Waals surface area (Å²) in [6.45, 7) is 2.06. The topological polar surface area (TPSA) is 59.7 Å². The summed E-state index contributed by atoms with van der Waals surface area (Å²) in [4.78, 5) is 7.41. The lowest BCUT2D eigenvalue weighted by atomic mass is 10.1. The Balaban J connectivity index is 1.78. The van der Waals surface area contributed by atoms with Gasteiger partial charge in [0.15, 0.2) is 11.0 Å². The van der Waals surface area contributed by atoms with E-state index in [1.54, 1.807) is 12.1 Å². The van der Waals surface area contributed by atoms with Gasteiger partial charge in [0.1, 0.15) is 5.75 Å². The number of amidine groups is 2. The quantitative estimate of drug-likeness (QED) is 0.833. The second kappa shape index (κ2) is 5.71. The minimum atomic E-state index is 0.236. The minimum absolute atomic E-state index is 0.236. The fraction of sp³-hybridized carbons (Fsp3) is 0.333. The van der Waals surface area contributed by atoms with Gasteiger partial charge in [-0.25, -0.2) is 4.99 Å². The third kappa shape index (κ3) is 2.72. The molecule has 1 fully saturated rings. The maximum Gasteiger partial charge on any atom is 0.171 e. The second-order valence-electron chi connectivity index (χ2n) is 4.96. The zero-order valence-electron chi connectivity index (χ0n) is 11.2. The maximum absolute atomic E-state index is 9.80. The predicted molar refractivity (Wildman–Crippen MR) is 84.3 cm³/mol. The number of hydrogen-bond acceptors (Lipinski definition) is 4. The van der Waals surface area contributed by atoms with Gasteiger partial charge in [-0.3, -0.25) is 5.41 Å². The Morgan fingerprint density at radius 3 is 2.70 bits per heavy atom. The van der Waals surface area contributed by atoms with E-state index in [2.05, 4.69) is 9.89 Å². The highest BCUT2D eigenvalue weighted by Crippen LogP contribution is 2.32. The molecule has 1 saturated heterocycles. The molecule has 20 heavy (non-hydrogen) atoms. The number of nitrogens with zero attached hydrogens (tertiary/aromatic N) is 2. The molecule has 0 bridgehead atoms. The fourth-order valence-corrected chi connectivity index (χ4v) is 3.36. The van der Waals surface area contributed by atoms with E-state index in [1.165, 1.54) is 31.0 Å². The van der Waals surface area contributed by atoms with Gasteiger partial charge in [0, 0.05) is 18.7 Å². The Morgan fingerprint density at radius 1 is 1.20 bits per heavy atom. The molecule has 2 heterocycles. The summed E-state index contributed by atoms with van der Waals surface area (Å²) in [5.74, 6) is 0.527. The van der Waals surface area contributed by atoms with Gasteiger partial charge in [0.05, 0.1) is 4.91 Å². The fourth-order valence-electron chi connectivity index (χ4n) is 2.39. The third-order valence-corrected chi connectivity index (χ3v) is 4.56. The molecule has 0 atom stereocenters. The van der Waals surface area contributed by atoms with Gasteiger partial charge in [0.25, 0.3) is 0 Å². The van der Waals surface area contributed by atoms with Gasteiger partial charge < -0.3 is 10.0 Å². The van der Waals surface area contributed by atoms with Crippen molar-refractivity contribution in [2.45, 2.75) is 19.3 Å². The van der Waals surface area contributed by atoms with Gasteiger partial charge in [-0.2, -0.15) is 0 Å². The summed E-state index contributed by atoms with van der Waals surface area (Å²) in [6, 6.07) is 7.17. The second-order valence-corrected chi connectivity index (χ2v) is 5.97. The molecule has 1 aromatic rings. The number of likely N-dealkylation sites (tertiary alicyclic amines) is 1. The van der Waals surface area contributed by atoms with Crippen molar-refractivity contribution in [2.75, 3.05) is 13.1 Å². The number of para-hydroxylation sites is 1. The van der Waals surface area contributed by atoms with Crippen LogP contribution >= 0.6 is 11.8 Å². The normalized spacial score (nSPS) is 21.4. The lowest BCUT2D eigenvalue weighted by molar-refractivity contribution is 0.348. The number of nitrogens with one attached hydrogen (secondary N) is 1. The van der Waals surface area contributed by atoms with Gasteiger partial charge in [0.2, 0.25) is 0 Å². The van der Waals surface area contributed by atoms with Crippen LogP contribution < -0.4 is 0 Å². The van der Waals surface area contributed by atoms with Crippen LogP contribution in [0.2, 0.25) is 0 Å². The molecule has 2 N–H and O–H groups in total. The van der Waals surface area contributed by atoms with Crippen LogP contribution in [-0.4, -0.2) is 34.1 Å². The van der Waals surface area contributed by atoms with Crippen molar-refractivity contribution in [3.05, 3.63) is 34.7 Å². The number of benzene rings is 1. The van der Waals surface area contributed by atoms with Gasteiger partial charge in [-0.1, -0.05) is 18.2 Å². The molecule has 1 aromatic carbocycles. The van der Waals surface area contributed by atoms with E-state index in [0.717, 1.165) is 28.7 Å². The summed E-state index contributed by atoms with van der Waals surface area (Å²) in [5, 5.41) is 18.7. The summed E-state index contributed by atoms with van der Waals surface area (Å²) in [7, 11) is 0. The van der Waals surface area contributed by atoms with Crippen LogP contribution in [0.4, 0.5) is 0 Å². The summed E-state index contributed by atoms with van der Waals surface area (Å²) in [5.41, 5.74) is 0.731. The molecular weight excluding hydrogens is 270 g/mol. The highest BCUT2D eigenvalue weighted by Gasteiger charge is 2.24. The third-order valence-electron chi connectivity index (χ3n) is 3.49. The van der Waals surface area contributed by atoms with Crippen LogP contribution in [0.1, 0.15) is 24.8 Å². The van der Waals surface area contributed by atoms with E-state index in [0.29, 0.717) is 5.84 Å². The first kappa shape index (κ1) is 13.2. The smallest absolute Gasteiger partial charge is 0.171 e. The van der Waals surface area contributed by atoms with Gasteiger partial charge in [-0.05, 0) is 43.2 Å². The molecule has 0 spiro atoms. The van der Waals surface area contributed by atoms with Crippen molar-refractivity contribution in [3.63, 3.8) is 0 Å². The van der Waals surface area contributed by atoms with Gasteiger partial charge >= 0.3 is 0 Å². The molecule has 2 aliphatic rings. The lowest BCUT2D eigenvalue weighted by Crippen LogP contribution is -2.33. The standard InChI is InChI=1S/C15H17N3OS/c16-14-13(10-11-6-2-3-7-12(11)19)20-15(17-14)18-8-4-1-5-9-18/h2-3,6-7,10,16,19H,1,4-5,8-9H2/b13-10-,16-14?. The van der Waals surface area contributed by atoms with Crippen LogP contribution in [0.3, 0.4) is 0 Å². The van der Waals surface area contributed by atoms with Crippen molar-refractivity contribution in [1.29, 1.82) is 5.41 Å². The van der Waals surface area contributed by atoms with Crippen molar-refractivity contribution < 1.29 is 5.11 Å². The van der Waals surface area contributed by atoms with E-state index >= 15 is 0 Å². The molecule has 0 amide bonds. The molecule has 0 aromatic heterocycles. The SMILES string of the molecule is N=C1N=C(N2CCCCC2)S/C1=C\c1ccccc1O. The van der Waals surface area contributed by atoms with E-state index < -0.39 is 0 Å². The Bertz CT molecular complexity index is 589. The van der Waals surface area contributed by atoms with Crippen LogP contribution in [0.5, 0.6) is 5.75 Å². The van der Waals surface area contributed by atoms with Crippen LogP contribution in [-0.2, 0) is 0 Å². The largest absolute Gasteiger partial charge is 0.507 e. The number of thioether (sulfide) groups is 1.